The van der Waals surface area contributed by atoms with Gasteiger partial charge in [-0.3, -0.25) is 0 Å². The van der Waals surface area contributed by atoms with Crippen LogP contribution in [0.15, 0.2) is 72.7 Å². The van der Waals surface area contributed by atoms with Gasteiger partial charge in [0.05, 0.1) is 0 Å². The second-order valence-electron chi connectivity index (χ2n) is 6.54. The fourth-order valence-electron chi connectivity index (χ4n) is 2.98. The van der Waals surface area contributed by atoms with Gasteiger partial charge >= 0.3 is 0 Å². The van der Waals surface area contributed by atoms with Gasteiger partial charge in [-0.2, -0.15) is 0 Å². The van der Waals surface area contributed by atoms with Gasteiger partial charge in [-0.25, -0.2) is 0 Å². The van der Waals surface area contributed by atoms with E-state index >= 15 is 0 Å². The Hall–Kier alpha value is -2.25. The number of rotatable bonds is 5. The Labute approximate surface area is 155 Å². The van der Waals surface area contributed by atoms with Crippen molar-refractivity contribution in [3.05, 3.63) is 100 Å². The summed E-state index contributed by atoms with van der Waals surface area (Å²) in [5.74, 6) is 0. The molecule has 0 saturated carbocycles. The number of hydrogen-bond donors (Lipinski definition) is 0. The number of hydrogen-bond acceptors (Lipinski definition) is 1. The molecule has 0 aromatic heterocycles. The van der Waals surface area contributed by atoms with Crippen LogP contribution in [0.25, 0.3) is 15.7 Å². The molecule has 0 atom stereocenters. The van der Waals surface area contributed by atoms with E-state index in [0.717, 1.165) is 11.3 Å². The van der Waals surface area contributed by atoms with Gasteiger partial charge in [0.15, 0.2) is 0 Å². The van der Waals surface area contributed by atoms with Crippen molar-refractivity contribution >= 4 is 27.4 Å². The average Bonchev–Trinajstić information content (AvgIpc) is 2.62. The molecule has 0 aliphatic heterocycles. The maximum Gasteiger partial charge on any atom is 0.0117 e. The first-order valence-corrected chi connectivity index (χ1v) is 9.49. The summed E-state index contributed by atoms with van der Waals surface area (Å²) >= 11 is 1.70. The Kier molecular flexibility index (Phi) is 5.45. The lowest BCUT2D eigenvalue weighted by Gasteiger charge is -2.08. The molecule has 0 saturated heterocycles. The van der Waals surface area contributed by atoms with Gasteiger partial charge in [0.1, 0.15) is 0 Å². The highest BCUT2D eigenvalue weighted by atomic mass is 32.2. The molecule has 0 N–H and O–H groups in total. The minimum absolute atomic E-state index is 0.963. The molecule has 3 aromatic rings. The second-order valence-corrected chi connectivity index (χ2v) is 7.54. The van der Waals surface area contributed by atoms with Crippen molar-refractivity contribution in [2.45, 2.75) is 27.2 Å². The molecule has 0 bridgehead atoms. The number of benzene rings is 3. The van der Waals surface area contributed by atoms with Crippen molar-refractivity contribution in [3.8, 4) is 0 Å². The van der Waals surface area contributed by atoms with Gasteiger partial charge in [-0.1, -0.05) is 72.9 Å². The van der Waals surface area contributed by atoms with Crippen LogP contribution in [0, 0.1) is 20.8 Å². The quantitative estimate of drug-likeness (QED) is 0.470. The average molecular weight is 345 g/mol. The Morgan fingerprint density at radius 1 is 0.880 bits per heavy atom. The van der Waals surface area contributed by atoms with Crippen molar-refractivity contribution in [2.75, 3.05) is 0 Å². The third-order valence-electron chi connectivity index (χ3n) is 4.67. The molecule has 0 amide bonds. The van der Waals surface area contributed by atoms with Gasteiger partial charge in [0.2, 0.25) is 0 Å². The molecular formula is C24H24S. The van der Waals surface area contributed by atoms with Crippen molar-refractivity contribution in [3.63, 3.8) is 0 Å². The molecule has 0 unspecified atom stereocenters. The molecule has 0 fully saturated rings. The van der Waals surface area contributed by atoms with Crippen LogP contribution in [0.3, 0.4) is 0 Å². The zero-order valence-electron chi connectivity index (χ0n) is 15.2. The van der Waals surface area contributed by atoms with Crippen LogP contribution >= 0.6 is 11.8 Å². The lowest BCUT2D eigenvalue weighted by Crippen LogP contribution is -1.91. The van der Waals surface area contributed by atoms with E-state index in [1.807, 2.05) is 0 Å². The fraction of sp³-hybridized carbons (Fsp3) is 0.167. The summed E-state index contributed by atoms with van der Waals surface area (Å²) in [6.45, 7) is 10.8. The van der Waals surface area contributed by atoms with E-state index < -0.39 is 0 Å². The number of aryl methyl sites for hydroxylation is 3. The minimum Gasteiger partial charge on any atom is -0.0984 e. The van der Waals surface area contributed by atoms with Crippen LogP contribution in [0.4, 0.5) is 0 Å². The minimum atomic E-state index is 0.963. The van der Waals surface area contributed by atoms with E-state index in [0.29, 0.717) is 0 Å². The number of fused-ring (bicyclic) bond motifs is 1. The summed E-state index contributed by atoms with van der Waals surface area (Å²) in [5.41, 5.74) is 6.68. The van der Waals surface area contributed by atoms with Gasteiger partial charge in [0, 0.05) is 4.91 Å². The monoisotopic (exact) mass is 344 g/mol. The highest BCUT2D eigenvalue weighted by Gasteiger charge is 2.02. The maximum absolute atomic E-state index is 4.23. The fourth-order valence-corrected chi connectivity index (χ4v) is 3.60. The summed E-state index contributed by atoms with van der Waals surface area (Å²) in [7, 11) is 0. The first-order chi connectivity index (χ1) is 12.0. The van der Waals surface area contributed by atoms with Crippen LogP contribution in [-0.2, 0) is 6.42 Å². The molecule has 126 valence electrons. The molecule has 25 heavy (non-hydrogen) atoms. The van der Waals surface area contributed by atoms with E-state index in [2.05, 4.69) is 93.4 Å². The van der Waals surface area contributed by atoms with Crippen LogP contribution in [0.2, 0.25) is 0 Å². The summed E-state index contributed by atoms with van der Waals surface area (Å²) in [5, 5.41) is 4.69. The zero-order valence-corrected chi connectivity index (χ0v) is 16.0. The van der Waals surface area contributed by atoms with Crippen molar-refractivity contribution < 1.29 is 0 Å². The molecule has 3 rings (SSSR count). The standard InChI is InChI=1S/C24H24S/c1-17-14-19(3)22(15-18(17)2)10-7-13-25-20(4)23-12-11-21-8-5-6-9-24(21)16-23/h5-9,11-16H,4,10H2,1-3H3/b13-7+. The summed E-state index contributed by atoms with van der Waals surface area (Å²) in [4.78, 5) is 1.08. The Balaban J connectivity index is 1.65. The molecule has 0 radical (unpaired) electrons. The van der Waals surface area contributed by atoms with Gasteiger partial charge in [-0.15, -0.1) is 0 Å². The highest BCUT2D eigenvalue weighted by molar-refractivity contribution is 8.10. The van der Waals surface area contributed by atoms with Crippen LogP contribution in [0.1, 0.15) is 27.8 Å². The normalized spacial score (nSPS) is 11.3. The molecule has 0 aliphatic carbocycles. The first kappa shape index (κ1) is 17.6. The Morgan fingerprint density at radius 3 is 2.40 bits per heavy atom. The Morgan fingerprint density at radius 2 is 1.60 bits per heavy atom. The molecule has 0 aliphatic rings. The molecule has 0 heterocycles. The highest BCUT2D eigenvalue weighted by Crippen LogP contribution is 2.29. The lowest BCUT2D eigenvalue weighted by molar-refractivity contribution is 1.17. The largest absolute Gasteiger partial charge is 0.0984 e. The Bertz CT molecular complexity index is 947. The smallest absolute Gasteiger partial charge is 0.0117 e. The lowest BCUT2D eigenvalue weighted by atomic mass is 9.99. The molecular weight excluding hydrogens is 320 g/mol. The predicted molar refractivity (Wildman–Crippen MR) is 114 cm³/mol. The van der Waals surface area contributed by atoms with Crippen molar-refractivity contribution in [1.29, 1.82) is 0 Å². The maximum atomic E-state index is 4.23. The van der Waals surface area contributed by atoms with Crippen molar-refractivity contribution in [2.24, 2.45) is 0 Å². The molecule has 3 aromatic carbocycles. The number of thioether (sulfide) groups is 1. The predicted octanol–water partition coefficient (Wildman–Crippen LogP) is 7.23. The van der Waals surface area contributed by atoms with E-state index in [4.69, 9.17) is 0 Å². The third-order valence-corrected chi connectivity index (χ3v) is 5.52. The molecule has 0 spiro atoms. The van der Waals surface area contributed by atoms with Gasteiger partial charge < -0.3 is 0 Å². The second kappa shape index (κ2) is 7.76. The summed E-state index contributed by atoms with van der Waals surface area (Å²) < 4.78 is 0. The van der Waals surface area contributed by atoms with E-state index in [1.165, 1.54) is 38.6 Å². The van der Waals surface area contributed by atoms with Gasteiger partial charge in [-0.05, 0) is 77.3 Å². The zero-order chi connectivity index (χ0) is 17.8. The topological polar surface area (TPSA) is 0 Å². The number of allylic oxidation sites excluding steroid dienone is 1. The van der Waals surface area contributed by atoms with Gasteiger partial charge in [0.25, 0.3) is 0 Å². The SMILES string of the molecule is C=C(S/C=C/Cc1cc(C)c(C)cc1C)c1ccc2ccccc2c1. The molecule has 0 nitrogen and oxygen atoms in total. The van der Waals surface area contributed by atoms with E-state index in [1.54, 1.807) is 11.8 Å². The summed E-state index contributed by atoms with van der Waals surface area (Å²) in [6.07, 6.45) is 3.19. The first-order valence-electron chi connectivity index (χ1n) is 8.61. The van der Waals surface area contributed by atoms with Crippen molar-refractivity contribution in [1.82, 2.24) is 0 Å². The van der Waals surface area contributed by atoms with E-state index in [9.17, 15) is 0 Å². The summed E-state index contributed by atoms with van der Waals surface area (Å²) in [6, 6.07) is 19.5. The third kappa shape index (κ3) is 4.24. The van der Waals surface area contributed by atoms with E-state index in [-0.39, 0.29) is 0 Å². The van der Waals surface area contributed by atoms with Crippen LogP contribution in [0.5, 0.6) is 0 Å². The van der Waals surface area contributed by atoms with Crippen LogP contribution < -0.4 is 0 Å². The molecule has 1 heteroatoms. The van der Waals surface area contributed by atoms with Crippen LogP contribution in [-0.4, -0.2) is 0 Å².